The van der Waals surface area contributed by atoms with E-state index in [1.165, 1.54) is 0 Å². The van der Waals surface area contributed by atoms with Crippen molar-refractivity contribution in [3.63, 3.8) is 0 Å². The molecule has 1 aliphatic heterocycles. The predicted molar refractivity (Wildman–Crippen MR) is 112 cm³/mol. The van der Waals surface area contributed by atoms with E-state index in [9.17, 15) is 4.79 Å². The Bertz CT molecular complexity index is 1010. The van der Waals surface area contributed by atoms with Gasteiger partial charge in [0.25, 0.3) is 5.91 Å². The first kappa shape index (κ1) is 20.0. The van der Waals surface area contributed by atoms with E-state index in [0.717, 1.165) is 28.3 Å². The zero-order valence-electron chi connectivity index (χ0n) is 17.1. The molecule has 1 aromatic heterocycles. The smallest absolute Gasteiger partial charge is 0.272 e. The molecule has 7 heteroatoms. The topological polar surface area (TPSA) is 74.6 Å². The minimum atomic E-state index is -0.211. The largest absolute Gasteiger partial charge is 0.497 e. The van der Waals surface area contributed by atoms with Gasteiger partial charge >= 0.3 is 0 Å². The maximum absolute atomic E-state index is 12.7. The van der Waals surface area contributed by atoms with Crippen molar-refractivity contribution in [2.24, 2.45) is 0 Å². The van der Waals surface area contributed by atoms with Crippen LogP contribution in [0.1, 0.15) is 40.3 Å². The van der Waals surface area contributed by atoms with Crippen LogP contribution in [0.25, 0.3) is 0 Å². The van der Waals surface area contributed by atoms with E-state index in [1.54, 1.807) is 13.4 Å². The molecule has 0 saturated heterocycles. The summed E-state index contributed by atoms with van der Waals surface area (Å²) in [6.07, 6.45) is 1.62. The lowest BCUT2D eigenvalue weighted by Gasteiger charge is -2.25. The number of aromatic nitrogens is 2. The average Bonchev–Trinajstić information content (AvgIpc) is 3.21. The van der Waals surface area contributed by atoms with Crippen molar-refractivity contribution in [2.45, 2.75) is 32.7 Å². The number of rotatable bonds is 7. The van der Waals surface area contributed by atoms with Gasteiger partial charge in [-0.05, 0) is 42.3 Å². The van der Waals surface area contributed by atoms with Crippen molar-refractivity contribution >= 4 is 5.91 Å². The van der Waals surface area contributed by atoms with Crippen LogP contribution in [-0.4, -0.2) is 29.2 Å². The minimum absolute atomic E-state index is 0.0881. The van der Waals surface area contributed by atoms with Gasteiger partial charge < -0.3 is 24.1 Å². The highest BCUT2D eigenvalue weighted by Crippen LogP contribution is 2.28. The van der Waals surface area contributed by atoms with E-state index in [1.807, 2.05) is 60.0 Å². The summed E-state index contributed by atoms with van der Waals surface area (Å²) in [6, 6.07) is 15.5. The normalized spacial score (nSPS) is 15.3. The number of methoxy groups -OCH3 is 1. The number of hydrogen-bond donors (Lipinski definition) is 1. The second-order valence-electron chi connectivity index (χ2n) is 7.03. The Balaban J connectivity index is 1.40. The molecular formula is C23H25N3O4. The van der Waals surface area contributed by atoms with Gasteiger partial charge in [0.2, 0.25) is 0 Å². The van der Waals surface area contributed by atoms with Gasteiger partial charge in [-0.2, -0.15) is 0 Å². The monoisotopic (exact) mass is 407 g/mol. The average molecular weight is 407 g/mol. The summed E-state index contributed by atoms with van der Waals surface area (Å²) in [7, 11) is 1.64. The maximum Gasteiger partial charge on any atom is 0.272 e. The molecular weight excluding hydrogens is 382 g/mol. The van der Waals surface area contributed by atoms with E-state index in [2.05, 4.69) is 10.3 Å². The van der Waals surface area contributed by atoms with Crippen molar-refractivity contribution < 1.29 is 19.0 Å². The summed E-state index contributed by atoms with van der Waals surface area (Å²) >= 11 is 0. The van der Waals surface area contributed by atoms with E-state index in [0.29, 0.717) is 32.0 Å². The second kappa shape index (κ2) is 9.00. The molecule has 30 heavy (non-hydrogen) atoms. The van der Waals surface area contributed by atoms with Crippen LogP contribution < -0.4 is 14.8 Å². The van der Waals surface area contributed by atoms with Crippen LogP contribution in [-0.2, 0) is 24.4 Å². The Hall–Kier alpha value is -3.32. The van der Waals surface area contributed by atoms with Gasteiger partial charge in [-0.1, -0.05) is 24.3 Å². The molecule has 1 N–H and O–H groups in total. The van der Waals surface area contributed by atoms with Crippen LogP contribution in [0.2, 0.25) is 0 Å². The highest BCUT2D eigenvalue weighted by atomic mass is 16.5. The van der Waals surface area contributed by atoms with Gasteiger partial charge in [-0.15, -0.1) is 0 Å². The first-order valence-corrected chi connectivity index (χ1v) is 9.97. The van der Waals surface area contributed by atoms with Crippen molar-refractivity contribution in [1.82, 2.24) is 14.9 Å². The first-order chi connectivity index (χ1) is 14.7. The summed E-state index contributed by atoms with van der Waals surface area (Å²) < 4.78 is 18.7. The number of imidazole rings is 1. The molecule has 0 fully saturated rings. The number of fused-ring (bicyclic) bond motifs is 1. The molecule has 3 aromatic rings. The molecule has 1 amide bonds. The molecule has 0 saturated carbocycles. The molecule has 4 rings (SSSR count). The Morgan fingerprint density at radius 3 is 2.83 bits per heavy atom. The summed E-state index contributed by atoms with van der Waals surface area (Å²) in [5.41, 5.74) is 3.23. The molecule has 1 aliphatic rings. The number of nitrogens with one attached hydrogen (secondary N) is 1. The van der Waals surface area contributed by atoms with Gasteiger partial charge in [0.15, 0.2) is 5.69 Å². The number of ether oxygens (including phenoxy) is 3. The number of carbonyl (C=O) groups excluding carboxylic acids is 1. The number of carbonyl (C=O) groups is 1. The van der Waals surface area contributed by atoms with Crippen LogP contribution in [0.3, 0.4) is 0 Å². The first-order valence-electron chi connectivity index (χ1n) is 9.97. The Kier molecular flexibility index (Phi) is 5.99. The molecule has 2 heterocycles. The number of benzene rings is 2. The molecule has 0 unspecified atom stereocenters. The van der Waals surface area contributed by atoms with Crippen LogP contribution in [0.4, 0.5) is 0 Å². The van der Waals surface area contributed by atoms with Gasteiger partial charge in [0, 0.05) is 6.54 Å². The second-order valence-corrected chi connectivity index (χ2v) is 7.03. The lowest BCUT2D eigenvalue weighted by atomic mass is 10.1. The van der Waals surface area contributed by atoms with Gasteiger partial charge in [-0.25, -0.2) is 4.98 Å². The maximum atomic E-state index is 12.7. The summed E-state index contributed by atoms with van der Waals surface area (Å²) in [4.78, 5) is 17.0. The SMILES string of the molecule is CCOc1cccc(CNC(=O)c2ncn3c2CO[C@H](c2ccc(OC)cc2)C3)c1. The van der Waals surface area contributed by atoms with Crippen molar-refractivity contribution in [3.8, 4) is 11.5 Å². The Morgan fingerprint density at radius 1 is 1.23 bits per heavy atom. The third-order valence-corrected chi connectivity index (χ3v) is 5.10. The summed E-state index contributed by atoms with van der Waals surface area (Å²) in [5, 5.41) is 2.94. The Labute approximate surface area is 175 Å². The molecule has 0 aliphatic carbocycles. The van der Waals surface area contributed by atoms with Crippen LogP contribution in [0.15, 0.2) is 54.9 Å². The Morgan fingerprint density at radius 2 is 2.07 bits per heavy atom. The van der Waals surface area contributed by atoms with E-state index in [4.69, 9.17) is 14.2 Å². The van der Waals surface area contributed by atoms with E-state index >= 15 is 0 Å². The quantitative estimate of drug-likeness (QED) is 0.649. The minimum Gasteiger partial charge on any atom is -0.497 e. The van der Waals surface area contributed by atoms with E-state index in [-0.39, 0.29) is 12.0 Å². The van der Waals surface area contributed by atoms with Crippen LogP contribution >= 0.6 is 0 Å². The molecule has 7 nitrogen and oxygen atoms in total. The standard InChI is InChI=1S/C23H25N3O4/c1-3-29-19-6-4-5-16(11-19)12-24-23(27)22-20-14-30-21(13-26(20)15-25-22)17-7-9-18(28-2)10-8-17/h4-11,15,21H,3,12-14H2,1-2H3,(H,24,27)/t21-/m0/s1. The lowest BCUT2D eigenvalue weighted by Crippen LogP contribution is -2.27. The van der Waals surface area contributed by atoms with Crippen LogP contribution in [0, 0.1) is 0 Å². The fraction of sp³-hybridized carbons (Fsp3) is 0.304. The third-order valence-electron chi connectivity index (χ3n) is 5.10. The number of amides is 1. The van der Waals surface area contributed by atoms with Crippen LogP contribution in [0.5, 0.6) is 11.5 Å². The predicted octanol–water partition coefficient (Wildman–Crippen LogP) is 3.49. The zero-order chi connectivity index (χ0) is 20.9. The van der Waals surface area contributed by atoms with Gasteiger partial charge in [0.1, 0.15) is 17.6 Å². The summed E-state index contributed by atoms with van der Waals surface area (Å²) in [5.74, 6) is 1.39. The van der Waals surface area contributed by atoms with Crippen molar-refractivity contribution in [2.75, 3.05) is 13.7 Å². The van der Waals surface area contributed by atoms with Gasteiger partial charge in [-0.3, -0.25) is 4.79 Å². The highest BCUT2D eigenvalue weighted by molar-refractivity contribution is 5.93. The number of nitrogens with zero attached hydrogens (tertiary/aromatic N) is 2. The fourth-order valence-electron chi connectivity index (χ4n) is 3.51. The van der Waals surface area contributed by atoms with Crippen molar-refractivity contribution in [3.05, 3.63) is 77.4 Å². The number of hydrogen-bond acceptors (Lipinski definition) is 5. The molecule has 156 valence electrons. The zero-order valence-corrected chi connectivity index (χ0v) is 17.1. The third kappa shape index (κ3) is 4.31. The highest BCUT2D eigenvalue weighted by Gasteiger charge is 2.26. The van der Waals surface area contributed by atoms with E-state index < -0.39 is 0 Å². The fourth-order valence-corrected chi connectivity index (χ4v) is 3.51. The molecule has 0 bridgehead atoms. The van der Waals surface area contributed by atoms with Crippen molar-refractivity contribution in [1.29, 1.82) is 0 Å². The molecule has 1 atom stereocenters. The lowest BCUT2D eigenvalue weighted by molar-refractivity contribution is 0.00255. The van der Waals surface area contributed by atoms with Gasteiger partial charge in [0.05, 0.1) is 38.9 Å². The molecule has 2 aromatic carbocycles. The molecule has 0 spiro atoms. The molecule has 0 radical (unpaired) electrons. The summed E-state index contributed by atoms with van der Waals surface area (Å²) in [6.45, 7) is 3.89.